The SMILES string of the molecule is CCc1ccc(OS(=O)O)c(F)c1F. The Hall–Kier alpha value is -1.01. The fourth-order valence-corrected chi connectivity index (χ4v) is 1.27. The molecule has 0 fully saturated rings. The zero-order valence-corrected chi connectivity index (χ0v) is 8.11. The molecule has 0 aliphatic carbocycles. The van der Waals surface area contributed by atoms with Crippen LogP contribution in [-0.2, 0) is 17.8 Å². The van der Waals surface area contributed by atoms with E-state index in [-0.39, 0.29) is 5.56 Å². The molecule has 0 radical (unpaired) electrons. The molecule has 1 aromatic carbocycles. The molecule has 0 heterocycles. The van der Waals surface area contributed by atoms with Crippen LogP contribution in [0.3, 0.4) is 0 Å². The van der Waals surface area contributed by atoms with Gasteiger partial charge in [-0.1, -0.05) is 13.0 Å². The van der Waals surface area contributed by atoms with Gasteiger partial charge in [0.05, 0.1) is 0 Å². The molecule has 0 aliphatic rings. The van der Waals surface area contributed by atoms with Crippen LogP contribution < -0.4 is 4.18 Å². The average molecular weight is 222 g/mol. The van der Waals surface area contributed by atoms with Gasteiger partial charge >= 0.3 is 11.4 Å². The first-order chi connectivity index (χ1) is 6.56. The van der Waals surface area contributed by atoms with Crippen LogP contribution in [0.25, 0.3) is 0 Å². The van der Waals surface area contributed by atoms with E-state index in [0.717, 1.165) is 6.07 Å². The van der Waals surface area contributed by atoms with Gasteiger partial charge in [0.25, 0.3) is 0 Å². The molecule has 1 unspecified atom stereocenters. The van der Waals surface area contributed by atoms with Gasteiger partial charge in [-0.05, 0) is 18.1 Å². The van der Waals surface area contributed by atoms with Gasteiger partial charge in [-0.2, -0.15) is 8.60 Å². The summed E-state index contributed by atoms with van der Waals surface area (Å²) < 4.78 is 48.8. The van der Waals surface area contributed by atoms with E-state index in [1.54, 1.807) is 6.92 Å². The predicted octanol–water partition coefficient (Wildman–Crippen LogP) is 2.04. The highest BCUT2D eigenvalue weighted by Crippen LogP contribution is 2.23. The number of aryl methyl sites for hydroxylation is 1. The normalized spacial score (nSPS) is 12.6. The van der Waals surface area contributed by atoms with E-state index in [1.807, 2.05) is 0 Å². The fraction of sp³-hybridized carbons (Fsp3) is 0.250. The van der Waals surface area contributed by atoms with Gasteiger partial charge in [0.1, 0.15) is 0 Å². The molecule has 14 heavy (non-hydrogen) atoms. The molecule has 78 valence electrons. The maximum absolute atomic E-state index is 13.1. The third-order valence-electron chi connectivity index (χ3n) is 1.67. The Bertz CT molecular complexity index is 368. The molecule has 0 aromatic heterocycles. The lowest BCUT2D eigenvalue weighted by molar-refractivity contribution is 0.420. The first kappa shape index (κ1) is 11.1. The van der Waals surface area contributed by atoms with Crippen molar-refractivity contribution in [2.45, 2.75) is 13.3 Å². The zero-order chi connectivity index (χ0) is 10.7. The van der Waals surface area contributed by atoms with Crippen LogP contribution in [0.4, 0.5) is 8.78 Å². The Labute approximate surface area is 82.2 Å². The van der Waals surface area contributed by atoms with Gasteiger partial charge < -0.3 is 4.18 Å². The third kappa shape index (κ3) is 2.27. The molecule has 1 N–H and O–H groups in total. The van der Waals surface area contributed by atoms with Crippen molar-refractivity contribution in [2.24, 2.45) is 0 Å². The highest BCUT2D eigenvalue weighted by Gasteiger charge is 2.14. The third-order valence-corrected chi connectivity index (χ3v) is 1.99. The Kier molecular flexibility index (Phi) is 3.54. The molecule has 0 amide bonds. The maximum Gasteiger partial charge on any atom is 0.357 e. The van der Waals surface area contributed by atoms with Gasteiger partial charge in [0, 0.05) is 0 Å². The number of hydrogen-bond donors (Lipinski definition) is 1. The van der Waals surface area contributed by atoms with Gasteiger partial charge in [-0.25, -0.2) is 4.39 Å². The van der Waals surface area contributed by atoms with E-state index in [2.05, 4.69) is 4.18 Å². The minimum Gasteiger partial charge on any atom is -0.377 e. The number of hydrogen-bond acceptors (Lipinski definition) is 2. The summed E-state index contributed by atoms with van der Waals surface area (Å²) in [4.78, 5) is 0. The lowest BCUT2D eigenvalue weighted by Crippen LogP contribution is -2.02. The summed E-state index contributed by atoms with van der Waals surface area (Å²) in [7, 11) is 0. The molecular weight excluding hydrogens is 214 g/mol. The lowest BCUT2D eigenvalue weighted by Gasteiger charge is -2.05. The van der Waals surface area contributed by atoms with E-state index in [1.165, 1.54) is 6.07 Å². The average Bonchev–Trinajstić information content (AvgIpc) is 2.13. The molecule has 1 aromatic rings. The summed E-state index contributed by atoms with van der Waals surface area (Å²) in [5.74, 6) is -2.86. The van der Waals surface area contributed by atoms with E-state index in [4.69, 9.17) is 4.55 Å². The summed E-state index contributed by atoms with van der Waals surface area (Å²) in [5.41, 5.74) is 0.193. The molecule has 6 heteroatoms. The minimum absolute atomic E-state index is 0.193. The first-order valence-electron chi connectivity index (χ1n) is 3.82. The highest BCUT2D eigenvalue weighted by molar-refractivity contribution is 7.74. The fourth-order valence-electron chi connectivity index (χ4n) is 0.986. The second-order valence-corrected chi connectivity index (χ2v) is 3.11. The van der Waals surface area contributed by atoms with Crippen molar-refractivity contribution in [1.82, 2.24) is 0 Å². The molecular formula is C8H8F2O3S. The lowest BCUT2D eigenvalue weighted by atomic mass is 10.1. The molecule has 3 nitrogen and oxygen atoms in total. The molecule has 1 atom stereocenters. The van der Waals surface area contributed by atoms with Crippen LogP contribution in [0.2, 0.25) is 0 Å². The number of rotatable bonds is 3. The second kappa shape index (κ2) is 4.47. The highest BCUT2D eigenvalue weighted by atomic mass is 32.2. The smallest absolute Gasteiger partial charge is 0.357 e. The molecule has 0 bridgehead atoms. The Morgan fingerprint density at radius 3 is 2.57 bits per heavy atom. The largest absolute Gasteiger partial charge is 0.377 e. The maximum atomic E-state index is 13.1. The zero-order valence-electron chi connectivity index (χ0n) is 7.29. The topological polar surface area (TPSA) is 46.5 Å². The summed E-state index contributed by atoms with van der Waals surface area (Å²) in [5, 5.41) is 0. The van der Waals surface area contributed by atoms with E-state index < -0.39 is 28.7 Å². The van der Waals surface area contributed by atoms with Crippen LogP contribution in [0.15, 0.2) is 12.1 Å². The minimum atomic E-state index is -2.65. The summed E-state index contributed by atoms with van der Waals surface area (Å²) in [6.45, 7) is 1.67. The first-order valence-corrected chi connectivity index (χ1v) is 4.85. The van der Waals surface area contributed by atoms with Crippen molar-refractivity contribution in [3.63, 3.8) is 0 Å². The van der Waals surface area contributed by atoms with Gasteiger partial charge in [0.15, 0.2) is 11.6 Å². The van der Waals surface area contributed by atoms with Crippen LogP contribution in [0.1, 0.15) is 12.5 Å². The van der Waals surface area contributed by atoms with Crippen molar-refractivity contribution < 1.29 is 21.7 Å². The molecule has 0 aliphatic heterocycles. The Morgan fingerprint density at radius 2 is 2.07 bits per heavy atom. The van der Waals surface area contributed by atoms with Crippen LogP contribution in [0.5, 0.6) is 5.75 Å². The predicted molar refractivity (Wildman–Crippen MR) is 47.1 cm³/mol. The Balaban J connectivity index is 3.10. The monoisotopic (exact) mass is 222 g/mol. The summed E-state index contributed by atoms with van der Waals surface area (Å²) in [6.07, 6.45) is 0.339. The molecule has 0 spiro atoms. The quantitative estimate of drug-likeness (QED) is 0.796. The van der Waals surface area contributed by atoms with Crippen molar-refractivity contribution in [3.05, 3.63) is 29.3 Å². The molecule has 0 saturated carbocycles. The number of halogens is 2. The summed E-state index contributed by atoms with van der Waals surface area (Å²) in [6, 6.07) is 2.42. The van der Waals surface area contributed by atoms with E-state index >= 15 is 0 Å². The number of benzene rings is 1. The van der Waals surface area contributed by atoms with Crippen LogP contribution >= 0.6 is 0 Å². The molecule has 0 saturated heterocycles. The van der Waals surface area contributed by atoms with Crippen LogP contribution in [0, 0.1) is 11.6 Å². The second-order valence-electron chi connectivity index (χ2n) is 2.50. The van der Waals surface area contributed by atoms with Crippen molar-refractivity contribution in [2.75, 3.05) is 0 Å². The van der Waals surface area contributed by atoms with Crippen molar-refractivity contribution >= 4 is 11.4 Å². The van der Waals surface area contributed by atoms with Crippen molar-refractivity contribution in [3.8, 4) is 5.75 Å². The Morgan fingerprint density at radius 1 is 1.43 bits per heavy atom. The van der Waals surface area contributed by atoms with Gasteiger partial charge in [-0.15, -0.1) is 0 Å². The van der Waals surface area contributed by atoms with Gasteiger partial charge in [0.2, 0.25) is 5.82 Å². The van der Waals surface area contributed by atoms with Crippen molar-refractivity contribution in [1.29, 1.82) is 0 Å². The van der Waals surface area contributed by atoms with Crippen LogP contribution in [-0.4, -0.2) is 8.76 Å². The standard InChI is InChI=1S/C8H8F2O3S/c1-2-5-3-4-6(13-14(11)12)8(10)7(5)9/h3-4H,2H2,1H3,(H,11,12). The van der Waals surface area contributed by atoms with E-state index in [9.17, 15) is 13.0 Å². The van der Waals surface area contributed by atoms with Gasteiger partial charge in [-0.3, -0.25) is 4.55 Å². The summed E-state index contributed by atoms with van der Waals surface area (Å²) >= 11 is -2.65. The molecule has 1 rings (SSSR count). The van der Waals surface area contributed by atoms with E-state index in [0.29, 0.717) is 6.42 Å².